The molecule has 6 nitrogen and oxygen atoms in total. The number of rotatable bonds is 3. The lowest BCUT2D eigenvalue weighted by atomic mass is 10.2. The van der Waals surface area contributed by atoms with Crippen molar-refractivity contribution in [3.8, 4) is 11.5 Å². The largest absolute Gasteiger partial charge is 0.486 e. The molecule has 0 spiro atoms. The fourth-order valence-corrected chi connectivity index (χ4v) is 3.25. The third kappa shape index (κ3) is 3.29. The number of halogens is 2. The van der Waals surface area contributed by atoms with Crippen molar-refractivity contribution in [1.82, 2.24) is 4.72 Å². The molecule has 0 unspecified atom stereocenters. The topological polar surface area (TPSA) is 81.7 Å². The monoisotopic (exact) mass is 371 g/mol. The molecule has 0 saturated heterocycles. The minimum absolute atomic E-state index is 0.110. The van der Waals surface area contributed by atoms with Gasteiger partial charge in [0.15, 0.2) is 11.5 Å². The van der Waals surface area contributed by atoms with Gasteiger partial charge in [0.05, 0.1) is 10.5 Å². The normalized spacial score (nSPS) is 13.4. The summed E-state index contributed by atoms with van der Waals surface area (Å²) in [6, 6.07) is 7.20. The Kier molecular flexibility index (Phi) is 4.33. The van der Waals surface area contributed by atoms with Gasteiger partial charge < -0.3 is 9.47 Å². The minimum atomic E-state index is -4.22. The second kappa shape index (κ2) is 6.29. The summed E-state index contributed by atoms with van der Waals surface area (Å²) in [6.45, 7) is 0.653. The molecule has 2 aromatic carbocycles. The molecule has 0 radical (unpaired) electrons. The van der Waals surface area contributed by atoms with Crippen LogP contribution in [0.25, 0.3) is 0 Å². The number of benzene rings is 2. The SMILES string of the molecule is O=C(NS(=O)(=O)c1ccc2c(c1)OCCO2)c1cc(Cl)ccc1F. The molecule has 1 aliphatic rings. The number of carbonyl (C=O) groups excluding carboxylic acids is 1. The quantitative estimate of drug-likeness (QED) is 0.895. The number of carbonyl (C=O) groups is 1. The number of fused-ring (bicyclic) bond motifs is 1. The van der Waals surface area contributed by atoms with Crippen molar-refractivity contribution in [3.05, 3.63) is 52.8 Å². The molecular weight excluding hydrogens is 361 g/mol. The molecule has 0 atom stereocenters. The molecule has 9 heteroatoms. The van der Waals surface area contributed by atoms with E-state index in [9.17, 15) is 17.6 Å². The van der Waals surface area contributed by atoms with Gasteiger partial charge in [-0.05, 0) is 30.3 Å². The Hall–Kier alpha value is -2.32. The summed E-state index contributed by atoms with van der Waals surface area (Å²) in [5.74, 6) is -1.34. The van der Waals surface area contributed by atoms with E-state index in [1.807, 2.05) is 0 Å². The van der Waals surface area contributed by atoms with Crippen LogP contribution in [0.3, 0.4) is 0 Å². The highest BCUT2D eigenvalue weighted by molar-refractivity contribution is 7.90. The lowest BCUT2D eigenvalue weighted by Crippen LogP contribution is -2.31. The maximum Gasteiger partial charge on any atom is 0.268 e. The smallest absolute Gasteiger partial charge is 0.268 e. The Balaban J connectivity index is 1.88. The number of hydrogen-bond acceptors (Lipinski definition) is 5. The van der Waals surface area contributed by atoms with Crippen LogP contribution in [0.1, 0.15) is 10.4 Å². The van der Waals surface area contributed by atoms with Gasteiger partial charge in [0.2, 0.25) is 0 Å². The zero-order valence-electron chi connectivity index (χ0n) is 12.1. The van der Waals surface area contributed by atoms with Crippen LogP contribution in [-0.2, 0) is 10.0 Å². The molecule has 1 amide bonds. The Morgan fingerprint density at radius 1 is 1.08 bits per heavy atom. The predicted octanol–water partition coefficient (Wildman–Crippen LogP) is 2.37. The molecule has 0 aliphatic carbocycles. The predicted molar refractivity (Wildman–Crippen MR) is 83.5 cm³/mol. The maximum atomic E-state index is 13.7. The van der Waals surface area contributed by atoms with Gasteiger partial charge in [-0.15, -0.1) is 0 Å². The van der Waals surface area contributed by atoms with Gasteiger partial charge in [0, 0.05) is 11.1 Å². The van der Waals surface area contributed by atoms with Crippen molar-refractivity contribution in [2.24, 2.45) is 0 Å². The van der Waals surface area contributed by atoms with Crippen molar-refractivity contribution in [2.45, 2.75) is 4.90 Å². The molecule has 2 aromatic rings. The second-order valence-corrected chi connectivity index (χ2v) is 6.98. The van der Waals surface area contributed by atoms with Crippen LogP contribution in [-0.4, -0.2) is 27.5 Å². The first-order valence-corrected chi connectivity index (χ1v) is 8.65. The summed E-state index contributed by atoms with van der Waals surface area (Å²) in [6.07, 6.45) is 0. The summed E-state index contributed by atoms with van der Waals surface area (Å²) in [5.41, 5.74) is -0.469. The van der Waals surface area contributed by atoms with E-state index in [1.54, 1.807) is 4.72 Å². The summed E-state index contributed by atoms with van der Waals surface area (Å²) in [7, 11) is -4.22. The fourth-order valence-electron chi connectivity index (χ4n) is 2.10. The third-order valence-electron chi connectivity index (χ3n) is 3.22. The van der Waals surface area contributed by atoms with Gasteiger partial charge in [-0.1, -0.05) is 11.6 Å². The number of sulfonamides is 1. The Morgan fingerprint density at radius 3 is 2.54 bits per heavy atom. The molecule has 1 aliphatic heterocycles. The highest BCUT2D eigenvalue weighted by atomic mass is 35.5. The van der Waals surface area contributed by atoms with E-state index in [0.717, 1.165) is 12.1 Å². The number of amides is 1. The molecular formula is C15H11ClFNO5S. The van der Waals surface area contributed by atoms with Crippen LogP contribution in [0, 0.1) is 5.82 Å². The van der Waals surface area contributed by atoms with E-state index in [-0.39, 0.29) is 22.3 Å². The highest BCUT2D eigenvalue weighted by Crippen LogP contribution is 2.32. The minimum Gasteiger partial charge on any atom is -0.486 e. The van der Waals surface area contributed by atoms with E-state index < -0.39 is 27.3 Å². The summed E-state index contributed by atoms with van der Waals surface area (Å²) >= 11 is 5.70. The highest BCUT2D eigenvalue weighted by Gasteiger charge is 2.23. The fraction of sp³-hybridized carbons (Fsp3) is 0.133. The van der Waals surface area contributed by atoms with E-state index in [2.05, 4.69) is 0 Å². The molecule has 3 rings (SSSR count). The molecule has 126 valence electrons. The Bertz CT molecular complexity index is 916. The van der Waals surface area contributed by atoms with Crippen LogP contribution in [0.4, 0.5) is 4.39 Å². The third-order valence-corrected chi connectivity index (χ3v) is 4.79. The molecule has 0 fully saturated rings. The molecule has 0 aromatic heterocycles. The van der Waals surface area contributed by atoms with Crippen LogP contribution in [0.5, 0.6) is 11.5 Å². The van der Waals surface area contributed by atoms with Crippen molar-refractivity contribution >= 4 is 27.5 Å². The zero-order chi connectivity index (χ0) is 17.3. The van der Waals surface area contributed by atoms with Gasteiger partial charge >= 0.3 is 0 Å². The van der Waals surface area contributed by atoms with Crippen LogP contribution in [0.2, 0.25) is 5.02 Å². The standard InChI is InChI=1S/C15H11ClFNO5S/c16-9-1-3-12(17)11(7-9)15(19)18-24(20,21)10-2-4-13-14(8-10)23-6-5-22-13/h1-4,7-8H,5-6H2,(H,18,19). The summed E-state index contributed by atoms with van der Waals surface area (Å²) in [4.78, 5) is 11.8. The average molecular weight is 372 g/mol. The molecule has 0 saturated carbocycles. The van der Waals surface area contributed by atoms with Crippen molar-refractivity contribution in [2.75, 3.05) is 13.2 Å². The number of ether oxygens (including phenoxy) is 2. The molecule has 1 heterocycles. The molecule has 0 bridgehead atoms. The lowest BCUT2D eigenvalue weighted by Gasteiger charge is -2.18. The first-order chi connectivity index (χ1) is 11.4. The van der Waals surface area contributed by atoms with Crippen LogP contribution < -0.4 is 14.2 Å². The van der Waals surface area contributed by atoms with Gasteiger partial charge in [0.25, 0.3) is 15.9 Å². The molecule has 24 heavy (non-hydrogen) atoms. The van der Waals surface area contributed by atoms with Gasteiger partial charge in [-0.25, -0.2) is 17.5 Å². The summed E-state index contributed by atoms with van der Waals surface area (Å²) < 4.78 is 50.7. The lowest BCUT2D eigenvalue weighted by molar-refractivity contribution is 0.0977. The maximum absolute atomic E-state index is 13.7. The summed E-state index contributed by atoms with van der Waals surface area (Å²) in [5, 5.41) is 0.110. The first kappa shape index (κ1) is 16.5. The Morgan fingerprint density at radius 2 is 1.79 bits per heavy atom. The van der Waals surface area contributed by atoms with E-state index in [1.165, 1.54) is 24.3 Å². The van der Waals surface area contributed by atoms with Crippen molar-refractivity contribution in [3.63, 3.8) is 0 Å². The van der Waals surface area contributed by atoms with Crippen LogP contribution >= 0.6 is 11.6 Å². The van der Waals surface area contributed by atoms with Crippen molar-refractivity contribution in [1.29, 1.82) is 0 Å². The average Bonchev–Trinajstić information content (AvgIpc) is 2.56. The number of hydrogen-bond donors (Lipinski definition) is 1. The van der Waals surface area contributed by atoms with E-state index in [0.29, 0.717) is 12.4 Å². The first-order valence-electron chi connectivity index (χ1n) is 6.79. The van der Waals surface area contributed by atoms with Gasteiger partial charge in [-0.3, -0.25) is 4.79 Å². The zero-order valence-corrected chi connectivity index (χ0v) is 13.7. The van der Waals surface area contributed by atoms with Crippen molar-refractivity contribution < 1.29 is 27.1 Å². The Labute approximate surface area is 142 Å². The van der Waals surface area contributed by atoms with Gasteiger partial charge in [0.1, 0.15) is 19.0 Å². The van der Waals surface area contributed by atoms with Crippen LogP contribution in [0.15, 0.2) is 41.3 Å². The second-order valence-electron chi connectivity index (χ2n) is 4.86. The van der Waals surface area contributed by atoms with E-state index >= 15 is 0 Å². The number of nitrogens with one attached hydrogen (secondary N) is 1. The van der Waals surface area contributed by atoms with Gasteiger partial charge in [-0.2, -0.15) is 0 Å². The molecule has 1 N–H and O–H groups in total. The van der Waals surface area contributed by atoms with E-state index in [4.69, 9.17) is 21.1 Å².